The summed E-state index contributed by atoms with van der Waals surface area (Å²) in [7, 11) is 3.99. The minimum absolute atomic E-state index is 0.980. The number of benzene rings is 1. The third kappa shape index (κ3) is 2.05. The van der Waals surface area contributed by atoms with Crippen LogP contribution in [0.4, 0.5) is 0 Å². The Morgan fingerprint density at radius 3 is 2.11 bits per heavy atom. The minimum atomic E-state index is -1.89. The Labute approximate surface area is 63.7 Å². The molecule has 1 atom stereocenters. The molecule has 0 aliphatic rings. The number of hydrogen-bond donors (Lipinski definition) is 2. The van der Waals surface area contributed by atoms with Gasteiger partial charge in [0, 0.05) is 0 Å². The average molecular weight is 202 g/mol. The maximum absolute atomic E-state index is 9.03. The Balaban J connectivity index is 2.85. The van der Waals surface area contributed by atoms with Crippen molar-refractivity contribution in [1.29, 1.82) is 0 Å². The second kappa shape index (κ2) is 3.31. The maximum atomic E-state index is 9.03. The first-order chi connectivity index (χ1) is 4.30. The quantitative estimate of drug-likeness (QED) is 0.496. The molecular formula is C6H7AsOS. The molecule has 0 spiro atoms. The van der Waals surface area contributed by atoms with Crippen molar-refractivity contribution in [3.8, 4) is 0 Å². The van der Waals surface area contributed by atoms with Gasteiger partial charge >= 0.3 is 63.5 Å². The summed E-state index contributed by atoms with van der Waals surface area (Å²) < 4.78 is 10.0. The molecule has 0 bridgehead atoms. The Morgan fingerprint density at radius 2 is 1.78 bits per heavy atom. The molecule has 0 heterocycles. The molecule has 0 radical (unpaired) electrons. The van der Waals surface area contributed by atoms with Gasteiger partial charge < -0.3 is 0 Å². The normalized spacial score (nSPS) is 13.1. The first kappa shape index (κ1) is 7.20. The van der Waals surface area contributed by atoms with E-state index < -0.39 is 13.8 Å². The molecule has 1 rings (SSSR count). The van der Waals surface area contributed by atoms with Gasteiger partial charge in [0.2, 0.25) is 0 Å². The molecule has 9 heavy (non-hydrogen) atoms. The van der Waals surface area contributed by atoms with Crippen molar-refractivity contribution in [3.05, 3.63) is 30.3 Å². The van der Waals surface area contributed by atoms with Crippen molar-refractivity contribution >= 4 is 29.1 Å². The summed E-state index contributed by atoms with van der Waals surface area (Å²) in [4.78, 5) is 0. The molecule has 0 fully saturated rings. The van der Waals surface area contributed by atoms with Gasteiger partial charge in [0.25, 0.3) is 0 Å². The van der Waals surface area contributed by atoms with Gasteiger partial charge in [-0.25, -0.2) is 0 Å². The van der Waals surface area contributed by atoms with Crippen molar-refractivity contribution in [3.63, 3.8) is 0 Å². The van der Waals surface area contributed by atoms with Crippen LogP contribution in [0.1, 0.15) is 0 Å². The number of rotatable bonds is 1. The molecule has 1 unspecified atom stereocenters. The van der Waals surface area contributed by atoms with Crippen molar-refractivity contribution in [2.24, 2.45) is 0 Å². The Morgan fingerprint density at radius 1 is 1.22 bits per heavy atom. The van der Waals surface area contributed by atoms with Crippen LogP contribution in [0.5, 0.6) is 0 Å². The molecule has 1 aromatic carbocycles. The molecule has 48 valence electrons. The van der Waals surface area contributed by atoms with Crippen molar-refractivity contribution in [2.45, 2.75) is 0 Å². The molecule has 0 aromatic heterocycles. The van der Waals surface area contributed by atoms with Gasteiger partial charge in [0.1, 0.15) is 0 Å². The molecule has 0 amide bonds. The SMILES string of the molecule is O[As](S)c1ccccc1. The summed E-state index contributed by atoms with van der Waals surface area (Å²) in [5.74, 6) is 0. The van der Waals surface area contributed by atoms with Crippen LogP contribution < -0.4 is 4.35 Å². The van der Waals surface area contributed by atoms with Crippen molar-refractivity contribution in [1.82, 2.24) is 0 Å². The molecule has 0 aliphatic carbocycles. The van der Waals surface area contributed by atoms with Gasteiger partial charge in [-0.15, -0.1) is 0 Å². The molecule has 0 saturated carbocycles. The average Bonchev–Trinajstić information content (AvgIpc) is 1.90. The van der Waals surface area contributed by atoms with Crippen LogP contribution in [0.3, 0.4) is 0 Å². The van der Waals surface area contributed by atoms with E-state index in [1.165, 1.54) is 0 Å². The van der Waals surface area contributed by atoms with Gasteiger partial charge in [-0.1, -0.05) is 0 Å². The molecule has 0 aliphatic heterocycles. The zero-order valence-electron chi connectivity index (χ0n) is 4.73. The second-order valence-electron chi connectivity index (χ2n) is 1.62. The summed E-state index contributed by atoms with van der Waals surface area (Å²) in [6.07, 6.45) is 0. The summed E-state index contributed by atoms with van der Waals surface area (Å²) >= 11 is -1.89. The Bertz CT molecular complexity index is 176. The van der Waals surface area contributed by atoms with Crippen molar-refractivity contribution in [2.75, 3.05) is 0 Å². The zero-order valence-corrected chi connectivity index (χ0v) is 7.50. The first-order valence-electron chi connectivity index (χ1n) is 2.53. The second-order valence-corrected chi connectivity index (χ2v) is 5.89. The summed E-state index contributed by atoms with van der Waals surface area (Å²) in [6, 6.07) is 9.53. The van der Waals surface area contributed by atoms with Gasteiger partial charge in [-0.3, -0.25) is 0 Å². The monoisotopic (exact) mass is 202 g/mol. The van der Waals surface area contributed by atoms with Crippen LogP contribution in [0.2, 0.25) is 0 Å². The van der Waals surface area contributed by atoms with E-state index in [-0.39, 0.29) is 0 Å². The van der Waals surface area contributed by atoms with Crippen LogP contribution in [0, 0.1) is 0 Å². The van der Waals surface area contributed by atoms with Gasteiger partial charge in [0.15, 0.2) is 0 Å². The molecule has 1 N–H and O–H groups in total. The fraction of sp³-hybridized carbons (Fsp3) is 0. The van der Waals surface area contributed by atoms with E-state index in [2.05, 4.69) is 10.9 Å². The Kier molecular flexibility index (Phi) is 2.64. The zero-order chi connectivity index (χ0) is 6.69. The topological polar surface area (TPSA) is 20.2 Å². The number of thiol groups is 1. The number of hydrogen-bond acceptors (Lipinski definition) is 2. The predicted octanol–water partition coefficient (Wildman–Crippen LogP) is 0.304. The van der Waals surface area contributed by atoms with Crippen LogP contribution in [-0.4, -0.2) is 17.9 Å². The summed E-state index contributed by atoms with van der Waals surface area (Å²) in [5.41, 5.74) is 0. The van der Waals surface area contributed by atoms with E-state index >= 15 is 0 Å². The van der Waals surface area contributed by atoms with Gasteiger partial charge in [-0.2, -0.15) is 0 Å². The fourth-order valence-electron chi connectivity index (χ4n) is 0.561. The standard InChI is InChI=1S/C6H7AsOS/c8-7(9)6-4-2-1-3-5-6/h1-5,8-9H. The van der Waals surface area contributed by atoms with E-state index in [9.17, 15) is 0 Å². The van der Waals surface area contributed by atoms with Crippen molar-refractivity contribution < 1.29 is 4.10 Å². The fourth-order valence-corrected chi connectivity index (χ4v) is 2.17. The van der Waals surface area contributed by atoms with Crippen LogP contribution in [0.15, 0.2) is 30.3 Å². The van der Waals surface area contributed by atoms with Crippen LogP contribution in [0.25, 0.3) is 0 Å². The molecular weight excluding hydrogens is 195 g/mol. The van der Waals surface area contributed by atoms with E-state index in [0.717, 1.165) is 4.35 Å². The van der Waals surface area contributed by atoms with Crippen LogP contribution in [-0.2, 0) is 0 Å². The van der Waals surface area contributed by atoms with E-state index in [4.69, 9.17) is 4.10 Å². The molecule has 3 heteroatoms. The van der Waals surface area contributed by atoms with E-state index in [1.54, 1.807) is 0 Å². The predicted molar refractivity (Wildman–Crippen MR) is 43.0 cm³/mol. The summed E-state index contributed by atoms with van der Waals surface area (Å²) in [5, 5.41) is 0. The van der Waals surface area contributed by atoms with Gasteiger partial charge in [-0.05, 0) is 0 Å². The van der Waals surface area contributed by atoms with E-state index in [1.807, 2.05) is 30.3 Å². The van der Waals surface area contributed by atoms with E-state index in [0.29, 0.717) is 0 Å². The van der Waals surface area contributed by atoms with Crippen LogP contribution >= 0.6 is 10.9 Å². The first-order valence-corrected chi connectivity index (χ1v) is 7.23. The van der Waals surface area contributed by atoms with Gasteiger partial charge in [0.05, 0.1) is 0 Å². The Hall–Kier alpha value is 0.0884. The summed E-state index contributed by atoms with van der Waals surface area (Å²) in [6.45, 7) is 0. The third-order valence-electron chi connectivity index (χ3n) is 0.987. The molecule has 1 aromatic rings. The molecule has 1 nitrogen and oxygen atoms in total. The molecule has 0 saturated heterocycles. The third-order valence-corrected chi connectivity index (χ3v) is 3.78.